The van der Waals surface area contributed by atoms with Crippen LogP contribution in [0.3, 0.4) is 0 Å². The molecule has 2 aromatic carbocycles. The first-order valence-corrected chi connectivity index (χ1v) is 8.85. The van der Waals surface area contributed by atoms with Crippen LogP contribution in [0.2, 0.25) is 5.02 Å². The van der Waals surface area contributed by atoms with E-state index in [0.717, 1.165) is 5.56 Å². The number of hydrogen-bond acceptors (Lipinski definition) is 4. The lowest BCUT2D eigenvalue weighted by molar-refractivity contribution is 0.0955. The normalized spacial score (nSPS) is 13.0. The summed E-state index contributed by atoms with van der Waals surface area (Å²) in [4.78, 5) is 12.8. The second kappa shape index (κ2) is 6.54. The first-order valence-electron chi connectivity index (χ1n) is 7.66. The highest BCUT2D eigenvalue weighted by atomic mass is 35.5. The van der Waals surface area contributed by atoms with Crippen LogP contribution in [0.1, 0.15) is 15.2 Å². The topological polar surface area (TPSA) is 47.6 Å². The Morgan fingerprint density at radius 1 is 1.16 bits per heavy atom. The van der Waals surface area contributed by atoms with Gasteiger partial charge in [0.25, 0.3) is 5.91 Å². The zero-order valence-electron chi connectivity index (χ0n) is 13.0. The van der Waals surface area contributed by atoms with Crippen molar-refractivity contribution >= 4 is 38.9 Å². The average molecular weight is 378 g/mol. The van der Waals surface area contributed by atoms with Gasteiger partial charge >= 0.3 is 0 Å². The largest absolute Gasteiger partial charge is 0.486 e. The summed E-state index contributed by atoms with van der Waals surface area (Å²) < 4.78 is 25.0. The van der Waals surface area contributed by atoms with Crippen LogP contribution in [0.4, 0.5) is 4.39 Å². The van der Waals surface area contributed by atoms with Crippen LogP contribution < -0.4 is 14.8 Å². The third-order valence-corrected chi connectivity index (χ3v) is 5.51. The molecule has 0 aliphatic carbocycles. The zero-order chi connectivity index (χ0) is 17.4. The lowest BCUT2D eigenvalue weighted by atomic mass is 10.2. The fourth-order valence-corrected chi connectivity index (χ4v) is 4.10. The van der Waals surface area contributed by atoms with Crippen molar-refractivity contribution in [2.75, 3.05) is 13.2 Å². The van der Waals surface area contributed by atoms with E-state index < -0.39 is 0 Å². The van der Waals surface area contributed by atoms with Crippen LogP contribution in [0.25, 0.3) is 10.1 Å². The number of halogens is 2. The SMILES string of the molecule is O=C(NCc1ccc2c(c1)OCCO2)c1sc2cc(F)ccc2c1Cl. The molecule has 25 heavy (non-hydrogen) atoms. The van der Waals surface area contributed by atoms with Crippen LogP contribution in [0, 0.1) is 5.82 Å². The van der Waals surface area contributed by atoms with Gasteiger partial charge in [0, 0.05) is 16.6 Å². The van der Waals surface area contributed by atoms with Gasteiger partial charge in [-0.25, -0.2) is 4.39 Å². The Morgan fingerprint density at radius 2 is 1.96 bits per heavy atom. The van der Waals surface area contributed by atoms with E-state index in [0.29, 0.717) is 51.2 Å². The molecule has 1 aromatic heterocycles. The Bertz CT molecular complexity index is 972. The molecule has 0 spiro atoms. The van der Waals surface area contributed by atoms with E-state index in [9.17, 15) is 9.18 Å². The summed E-state index contributed by atoms with van der Waals surface area (Å²) in [7, 11) is 0. The van der Waals surface area contributed by atoms with Crippen molar-refractivity contribution in [2.45, 2.75) is 6.54 Å². The van der Waals surface area contributed by atoms with Crippen LogP contribution in [0.15, 0.2) is 36.4 Å². The molecule has 0 bridgehead atoms. The monoisotopic (exact) mass is 377 g/mol. The van der Waals surface area contributed by atoms with Gasteiger partial charge in [0.1, 0.15) is 23.9 Å². The summed E-state index contributed by atoms with van der Waals surface area (Å²) in [5.74, 6) is 0.736. The maximum absolute atomic E-state index is 13.3. The van der Waals surface area contributed by atoms with Crippen molar-refractivity contribution < 1.29 is 18.7 Å². The van der Waals surface area contributed by atoms with E-state index in [1.807, 2.05) is 18.2 Å². The molecule has 1 aliphatic heterocycles. The molecular formula is C18H13ClFNO3S. The highest BCUT2D eigenvalue weighted by molar-refractivity contribution is 7.21. The molecule has 1 N–H and O–H groups in total. The molecule has 128 valence electrons. The number of carbonyl (C=O) groups is 1. The average Bonchev–Trinajstić information content (AvgIpc) is 2.95. The van der Waals surface area contributed by atoms with Gasteiger partial charge in [-0.2, -0.15) is 0 Å². The van der Waals surface area contributed by atoms with Gasteiger partial charge in [0.15, 0.2) is 11.5 Å². The number of nitrogens with one attached hydrogen (secondary N) is 1. The summed E-state index contributed by atoms with van der Waals surface area (Å²) in [5, 5.41) is 3.86. The van der Waals surface area contributed by atoms with Gasteiger partial charge in [0.2, 0.25) is 0 Å². The second-order valence-corrected chi connectivity index (χ2v) is 6.98. The van der Waals surface area contributed by atoms with Crippen LogP contribution in [0.5, 0.6) is 11.5 Å². The molecule has 0 saturated carbocycles. The lowest BCUT2D eigenvalue weighted by Gasteiger charge is -2.18. The third-order valence-electron chi connectivity index (χ3n) is 3.86. The van der Waals surface area contributed by atoms with E-state index in [1.165, 1.54) is 23.5 Å². The van der Waals surface area contributed by atoms with E-state index in [2.05, 4.69) is 5.32 Å². The molecule has 2 heterocycles. The Kier molecular flexibility index (Phi) is 4.23. The molecule has 1 amide bonds. The van der Waals surface area contributed by atoms with Crippen molar-refractivity contribution in [1.29, 1.82) is 0 Å². The van der Waals surface area contributed by atoms with E-state index >= 15 is 0 Å². The van der Waals surface area contributed by atoms with Crippen molar-refractivity contribution in [1.82, 2.24) is 5.32 Å². The molecule has 0 radical (unpaired) electrons. The van der Waals surface area contributed by atoms with Gasteiger partial charge in [-0.15, -0.1) is 11.3 Å². The van der Waals surface area contributed by atoms with Crippen molar-refractivity contribution in [2.24, 2.45) is 0 Å². The van der Waals surface area contributed by atoms with Crippen LogP contribution in [-0.4, -0.2) is 19.1 Å². The van der Waals surface area contributed by atoms with Crippen LogP contribution >= 0.6 is 22.9 Å². The van der Waals surface area contributed by atoms with Gasteiger partial charge in [-0.1, -0.05) is 17.7 Å². The van der Waals surface area contributed by atoms with Crippen molar-refractivity contribution in [3.63, 3.8) is 0 Å². The smallest absolute Gasteiger partial charge is 0.263 e. The van der Waals surface area contributed by atoms with Gasteiger partial charge in [0.05, 0.1) is 5.02 Å². The van der Waals surface area contributed by atoms with Crippen LogP contribution in [-0.2, 0) is 6.54 Å². The number of hydrogen-bond donors (Lipinski definition) is 1. The molecule has 0 saturated heterocycles. The quantitative estimate of drug-likeness (QED) is 0.736. The minimum absolute atomic E-state index is 0.290. The molecule has 0 unspecified atom stereocenters. The summed E-state index contributed by atoms with van der Waals surface area (Å²) in [5.41, 5.74) is 0.890. The summed E-state index contributed by atoms with van der Waals surface area (Å²) >= 11 is 7.45. The number of carbonyl (C=O) groups excluding carboxylic acids is 1. The third kappa shape index (κ3) is 3.15. The Hall–Kier alpha value is -2.31. The zero-order valence-corrected chi connectivity index (χ0v) is 14.5. The fraction of sp³-hybridized carbons (Fsp3) is 0.167. The van der Waals surface area contributed by atoms with E-state index in [-0.39, 0.29) is 11.7 Å². The molecule has 4 nitrogen and oxygen atoms in total. The van der Waals surface area contributed by atoms with Crippen molar-refractivity contribution in [3.05, 3.63) is 57.7 Å². The number of ether oxygens (including phenoxy) is 2. The van der Waals surface area contributed by atoms with Gasteiger partial charge in [-0.05, 0) is 35.9 Å². The van der Waals surface area contributed by atoms with E-state index in [4.69, 9.17) is 21.1 Å². The van der Waals surface area contributed by atoms with Gasteiger partial charge in [-0.3, -0.25) is 4.79 Å². The molecular weight excluding hydrogens is 365 g/mol. The van der Waals surface area contributed by atoms with Crippen molar-refractivity contribution in [3.8, 4) is 11.5 Å². The minimum Gasteiger partial charge on any atom is -0.486 e. The maximum Gasteiger partial charge on any atom is 0.263 e. The predicted molar refractivity (Wildman–Crippen MR) is 95.4 cm³/mol. The number of amides is 1. The molecule has 7 heteroatoms. The standard InChI is InChI=1S/C18H13ClFNO3S/c19-16-12-3-2-11(20)8-15(12)25-17(16)18(22)21-9-10-1-4-13-14(7-10)24-6-5-23-13/h1-4,7-8H,5-6,9H2,(H,21,22). The first kappa shape index (κ1) is 16.2. The molecule has 1 aliphatic rings. The number of thiophene rings is 1. The number of rotatable bonds is 3. The Balaban J connectivity index is 1.52. The Labute approximate surface area is 152 Å². The minimum atomic E-state index is -0.353. The lowest BCUT2D eigenvalue weighted by Crippen LogP contribution is -2.22. The molecule has 0 atom stereocenters. The summed E-state index contributed by atoms with van der Waals surface area (Å²) in [6.07, 6.45) is 0. The Morgan fingerprint density at radius 3 is 2.80 bits per heavy atom. The second-order valence-electron chi connectivity index (χ2n) is 5.55. The fourth-order valence-electron chi connectivity index (χ4n) is 2.65. The number of benzene rings is 2. The van der Waals surface area contributed by atoms with Gasteiger partial charge < -0.3 is 14.8 Å². The maximum atomic E-state index is 13.3. The predicted octanol–water partition coefficient (Wildman–Crippen LogP) is 4.40. The highest BCUT2D eigenvalue weighted by Crippen LogP contribution is 2.36. The first-order chi connectivity index (χ1) is 12.1. The highest BCUT2D eigenvalue weighted by Gasteiger charge is 2.18. The van der Waals surface area contributed by atoms with E-state index in [1.54, 1.807) is 6.07 Å². The molecule has 0 fully saturated rings. The summed E-state index contributed by atoms with van der Waals surface area (Å²) in [6.45, 7) is 1.37. The summed E-state index contributed by atoms with van der Waals surface area (Å²) in [6, 6.07) is 9.83. The molecule has 3 aromatic rings. The molecule has 4 rings (SSSR count). The number of fused-ring (bicyclic) bond motifs is 2.